The highest BCUT2D eigenvalue weighted by atomic mass is 16.6. The molecule has 0 bridgehead atoms. The number of unbranched alkanes of at least 4 members (excludes halogenated alkanes) is 6. The van der Waals surface area contributed by atoms with Gasteiger partial charge in [0.15, 0.2) is 34.6 Å². The molecule has 0 radical (unpaired) electrons. The van der Waals surface area contributed by atoms with E-state index in [2.05, 4.69) is 13.8 Å². The summed E-state index contributed by atoms with van der Waals surface area (Å²) < 4.78 is 22.1. The molecule has 8 heteroatoms. The fraction of sp³-hybridized carbons (Fsp3) is 0.459. The van der Waals surface area contributed by atoms with Crippen LogP contribution in [-0.4, -0.2) is 37.2 Å². The highest BCUT2D eigenvalue weighted by molar-refractivity contribution is 6.10. The fourth-order valence-corrected chi connectivity index (χ4v) is 4.32. The second-order valence-corrected chi connectivity index (χ2v) is 10.8. The minimum atomic E-state index is -0.362. The maximum absolute atomic E-state index is 12.5. The van der Waals surface area contributed by atoms with Crippen molar-refractivity contribution in [1.29, 1.82) is 0 Å². The molecule has 0 amide bonds. The number of ether oxygens (including phenoxy) is 4. The summed E-state index contributed by atoms with van der Waals surface area (Å²) in [5.41, 5.74) is 1.33. The number of rotatable bonds is 22. The van der Waals surface area contributed by atoms with Gasteiger partial charge >= 0.3 is 11.9 Å². The average molecular weight is 621 g/mol. The van der Waals surface area contributed by atoms with Gasteiger partial charge in [-0.2, -0.15) is 0 Å². The normalized spacial score (nSPS) is 11.1. The Bertz CT molecular complexity index is 1310. The van der Waals surface area contributed by atoms with Gasteiger partial charge in [-0.3, -0.25) is 19.2 Å². The molecule has 0 fully saturated rings. The minimum Gasteiger partial charge on any atom is -0.493 e. The average Bonchev–Trinajstić information content (AvgIpc) is 3.03. The molecular weight excluding hydrogens is 572 g/mol. The third-order valence-electron chi connectivity index (χ3n) is 6.81. The summed E-state index contributed by atoms with van der Waals surface area (Å²) in [7, 11) is 1.48. The molecule has 244 valence electrons. The molecule has 0 saturated carbocycles. The topological polar surface area (TPSA) is 105 Å². The molecule has 2 rings (SSSR count). The molecule has 0 saturated heterocycles. The lowest BCUT2D eigenvalue weighted by Gasteiger charge is -2.12. The van der Waals surface area contributed by atoms with Crippen molar-refractivity contribution in [3.8, 4) is 23.0 Å². The van der Waals surface area contributed by atoms with Crippen molar-refractivity contribution in [3.05, 3.63) is 59.7 Å². The van der Waals surface area contributed by atoms with E-state index in [4.69, 9.17) is 18.9 Å². The lowest BCUT2D eigenvalue weighted by atomic mass is 10.1. The number of benzene rings is 2. The highest BCUT2D eigenvalue weighted by Gasteiger charge is 2.13. The minimum absolute atomic E-state index is 0.301. The Morgan fingerprint density at radius 2 is 1.09 bits per heavy atom. The van der Waals surface area contributed by atoms with E-state index in [0.717, 1.165) is 57.8 Å². The molecule has 2 aromatic carbocycles. The number of hydrogen-bond donors (Lipinski definition) is 0. The molecule has 0 aliphatic heterocycles. The largest absolute Gasteiger partial charge is 0.493 e. The lowest BCUT2D eigenvalue weighted by molar-refractivity contribution is -0.135. The molecule has 45 heavy (non-hydrogen) atoms. The summed E-state index contributed by atoms with van der Waals surface area (Å²) in [6.45, 7) is 6.66. The Labute approximate surface area is 267 Å². The van der Waals surface area contributed by atoms with Crippen LogP contribution in [0.5, 0.6) is 23.0 Å². The molecule has 8 nitrogen and oxygen atoms in total. The lowest BCUT2D eigenvalue weighted by Crippen LogP contribution is -2.09. The van der Waals surface area contributed by atoms with Gasteiger partial charge in [-0.15, -0.1) is 0 Å². The summed E-state index contributed by atoms with van der Waals surface area (Å²) in [5.74, 6) is 0.129. The Morgan fingerprint density at radius 3 is 1.56 bits per heavy atom. The molecule has 0 aliphatic carbocycles. The Morgan fingerprint density at radius 1 is 0.600 bits per heavy atom. The van der Waals surface area contributed by atoms with Crippen LogP contribution in [0.2, 0.25) is 0 Å². The van der Waals surface area contributed by atoms with Gasteiger partial charge in [0.05, 0.1) is 20.1 Å². The molecule has 0 heterocycles. The van der Waals surface area contributed by atoms with Gasteiger partial charge in [0, 0.05) is 12.8 Å². The van der Waals surface area contributed by atoms with Gasteiger partial charge in [-0.25, -0.2) is 0 Å². The van der Waals surface area contributed by atoms with Gasteiger partial charge in [0.2, 0.25) is 0 Å². The van der Waals surface area contributed by atoms with E-state index >= 15 is 0 Å². The Hall–Kier alpha value is -4.20. The van der Waals surface area contributed by atoms with Crippen LogP contribution in [0.25, 0.3) is 12.2 Å². The highest BCUT2D eigenvalue weighted by Crippen LogP contribution is 2.31. The molecule has 0 atom stereocenters. The molecule has 0 N–H and O–H groups in total. The van der Waals surface area contributed by atoms with E-state index < -0.39 is 0 Å². The zero-order chi connectivity index (χ0) is 32.9. The monoisotopic (exact) mass is 620 g/mol. The summed E-state index contributed by atoms with van der Waals surface area (Å²) >= 11 is 0. The molecule has 0 aromatic heterocycles. The number of methoxy groups -OCH3 is 1. The molecule has 0 spiro atoms. The second-order valence-electron chi connectivity index (χ2n) is 10.8. The van der Waals surface area contributed by atoms with E-state index in [0.29, 0.717) is 53.6 Å². The van der Waals surface area contributed by atoms with Crippen LogP contribution >= 0.6 is 0 Å². The van der Waals surface area contributed by atoms with Crippen molar-refractivity contribution in [2.75, 3.05) is 13.7 Å². The van der Waals surface area contributed by atoms with Crippen LogP contribution in [0.4, 0.5) is 0 Å². The van der Waals surface area contributed by atoms with E-state index in [1.54, 1.807) is 48.6 Å². The van der Waals surface area contributed by atoms with Gasteiger partial charge in [0.1, 0.15) is 0 Å². The smallest absolute Gasteiger partial charge is 0.311 e. The fourth-order valence-electron chi connectivity index (χ4n) is 4.32. The SMILES string of the molecule is CCCCCCC(=O)Oc1ccc(/C=C/C(=O)CC(=O)/C=C/c2ccc(OC(=O)CCCCCC)c(OCCC)c2)cc1OC. The second kappa shape index (κ2) is 21.5. The number of ketones is 2. The first kappa shape index (κ1) is 37.0. The van der Waals surface area contributed by atoms with Crippen molar-refractivity contribution < 1.29 is 38.1 Å². The van der Waals surface area contributed by atoms with Crippen LogP contribution in [0, 0.1) is 0 Å². The third-order valence-corrected chi connectivity index (χ3v) is 6.81. The van der Waals surface area contributed by atoms with Crippen LogP contribution in [0.3, 0.4) is 0 Å². The maximum Gasteiger partial charge on any atom is 0.311 e. The number of hydrogen-bond acceptors (Lipinski definition) is 8. The van der Waals surface area contributed by atoms with Gasteiger partial charge in [-0.1, -0.05) is 83.6 Å². The summed E-state index contributed by atoms with van der Waals surface area (Å²) in [4.78, 5) is 49.4. The van der Waals surface area contributed by atoms with Crippen LogP contribution < -0.4 is 18.9 Å². The zero-order valence-electron chi connectivity index (χ0n) is 27.2. The predicted octanol–water partition coefficient (Wildman–Crippen LogP) is 8.49. The van der Waals surface area contributed by atoms with Crippen LogP contribution in [-0.2, 0) is 19.2 Å². The summed E-state index contributed by atoms with van der Waals surface area (Å²) in [5, 5.41) is 0. The first-order chi connectivity index (χ1) is 21.8. The summed E-state index contributed by atoms with van der Waals surface area (Å²) in [6, 6.07) is 10.1. The standard InChI is InChI=1S/C37H48O8/c1-5-8-10-12-14-36(40)44-32-22-18-28(25-34(32)42-4)16-20-30(38)27-31(39)21-17-29-19-23-33(35(26-29)43-24-7-3)45-37(41)15-13-11-9-6-2/h16-23,25-26H,5-15,24,27H2,1-4H3/b20-16+,21-17+. The third kappa shape index (κ3) is 14.9. The van der Waals surface area contributed by atoms with Crippen molar-refractivity contribution >= 4 is 35.7 Å². The molecule has 0 unspecified atom stereocenters. The Balaban J connectivity index is 1.95. The van der Waals surface area contributed by atoms with E-state index in [1.165, 1.54) is 19.3 Å². The van der Waals surface area contributed by atoms with E-state index in [1.807, 2.05) is 6.92 Å². The van der Waals surface area contributed by atoms with Crippen molar-refractivity contribution in [2.24, 2.45) is 0 Å². The maximum atomic E-state index is 12.5. The number of carbonyl (C=O) groups excluding carboxylic acids is 4. The van der Waals surface area contributed by atoms with Crippen molar-refractivity contribution in [3.63, 3.8) is 0 Å². The predicted molar refractivity (Wildman–Crippen MR) is 177 cm³/mol. The number of carbonyl (C=O) groups is 4. The van der Waals surface area contributed by atoms with Crippen molar-refractivity contribution in [2.45, 2.75) is 97.8 Å². The van der Waals surface area contributed by atoms with Gasteiger partial charge in [-0.05, 0) is 66.8 Å². The first-order valence-electron chi connectivity index (χ1n) is 16.1. The van der Waals surface area contributed by atoms with Crippen molar-refractivity contribution in [1.82, 2.24) is 0 Å². The first-order valence-corrected chi connectivity index (χ1v) is 16.1. The van der Waals surface area contributed by atoms with E-state index in [9.17, 15) is 19.2 Å². The zero-order valence-corrected chi connectivity index (χ0v) is 27.2. The quantitative estimate of drug-likeness (QED) is 0.0424. The molecule has 0 aliphatic rings. The molecular formula is C37H48O8. The summed E-state index contributed by atoms with van der Waals surface area (Å²) in [6.07, 6.45) is 14.9. The van der Waals surface area contributed by atoms with E-state index in [-0.39, 0.29) is 29.9 Å². The Kier molecular flexibility index (Phi) is 17.7. The van der Waals surface area contributed by atoms with Gasteiger partial charge in [0.25, 0.3) is 0 Å². The number of allylic oxidation sites excluding steroid dienone is 2. The van der Waals surface area contributed by atoms with Crippen LogP contribution in [0.1, 0.15) is 109 Å². The van der Waals surface area contributed by atoms with Gasteiger partial charge < -0.3 is 18.9 Å². The molecule has 2 aromatic rings. The number of esters is 2. The van der Waals surface area contributed by atoms with Crippen LogP contribution in [0.15, 0.2) is 48.6 Å².